The molecule has 0 aromatic heterocycles. The Morgan fingerprint density at radius 2 is 1.95 bits per heavy atom. The Kier molecular flexibility index (Phi) is 7.65. The number of allylic oxidation sites excluding steroid dienone is 10. The van der Waals surface area contributed by atoms with Gasteiger partial charge in [0.1, 0.15) is 6.17 Å². The van der Waals surface area contributed by atoms with Crippen molar-refractivity contribution in [1.82, 2.24) is 4.90 Å². The first kappa shape index (κ1) is 25.9. The number of rotatable bonds is 7. The molecule has 0 fully saturated rings. The van der Waals surface area contributed by atoms with Crippen molar-refractivity contribution >= 4 is 11.3 Å². The summed E-state index contributed by atoms with van der Waals surface area (Å²) in [5.41, 5.74) is 13.0. The SMILES string of the molecule is C=C(CC(C)C)N1C2=C(CCC=C2)N(c2c(C3=CCCCC3)cc(C)cc2C2C=CC=C(C)C2)C1CC. The summed E-state index contributed by atoms with van der Waals surface area (Å²) in [5, 5.41) is 0. The fourth-order valence-corrected chi connectivity index (χ4v) is 6.89. The minimum atomic E-state index is 0.271. The maximum atomic E-state index is 4.64. The number of anilines is 1. The van der Waals surface area contributed by atoms with Gasteiger partial charge in [-0.25, -0.2) is 0 Å². The Balaban J connectivity index is 1.73. The molecule has 1 aromatic rings. The molecule has 0 amide bonds. The van der Waals surface area contributed by atoms with Gasteiger partial charge in [0.2, 0.25) is 0 Å². The van der Waals surface area contributed by atoms with E-state index in [-0.39, 0.29) is 6.17 Å². The molecular formula is C35H46N2. The van der Waals surface area contributed by atoms with Crippen LogP contribution in [0.15, 0.2) is 77.8 Å². The molecule has 0 radical (unpaired) electrons. The van der Waals surface area contributed by atoms with E-state index in [9.17, 15) is 0 Å². The first-order chi connectivity index (χ1) is 17.9. The summed E-state index contributed by atoms with van der Waals surface area (Å²) in [7, 11) is 0. The molecule has 0 saturated carbocycles. The molecule has 1 aromatic carbocycles. The minimum absolute atomic E-state index is 0.271. The van der Waals surface area contributed by atoms with Crippen LogP contribution in [0.5, 0.6) is 0 Å². The molecule has 37 heavy (non-hydrogen) atoms. The summed E-state index contributed by atoms with van der Waals surface area (Å²) in [5.74, 6) is 1.01. The lowest BCUT2D eigenvalue weighted by Crippen LogP contribution is -2.40. The van der Waals surface area contributed by atoms with Crippen molar-refractivity contribution in [2.75, 3.05) is 4.90 Å². The molecule has 2 unspecified atom stereocenters. The highest BCUT2D eigenvalue weighted by Crippen LogP contribution is 2.49. The summed E-state index contributed by atoms with van der Waals surface area (Å²) in [6.45, 7) is 16.2. The third-order valence-electron chi connectivity index (χ3n) is 8.44. The molecule has 0 N–H and O–H groups in total. The fourth-order valence-electron chi connectivity index (χ4n) is 6.89. The van der Waals surface area contributed by atoms with Crippen LogP contribution in [0.3, 0.4) is 0 Å². The van der Waals surface area contributed by atoms with Crippen molar-refractivity contribution in [2.45, 2.75) is 104 Å². The van der Waals surface area contributed by atoms with E-state index in [1.54, 1.807) is 5.57 Å². The second kappa shape index (κ2) is 10.9. The summed E-state index contributed by atoms with van der Waals surface area (Å²) >= 11 is 0. The number of hydrogen-bond donors (Lipinski definition) is 0. The molecule has 4 aliphatic rings. The van der Waals surface area contributed by atoms with E-state index in [0.717, 1.165) is 32.1 Å². The summed E-state index contributed by atoms with van der Waals surface area (Å²) in [6, 6.07) is 4.98. The molecule has 2 nitrogen and oxygen atoms in total. The van der Waals surface area contributed by atoms with Crippen LogP contribution < -0.4 is 4.90 Å². The van der Waals surface area contributed by atoms with Gasteiger partial charge in [-0.1, -0.05) is 74.9 Å². The number of aryl methyl sites for hydroxylation is 1. The van der Waals surface area contributed by atoms with Crippen LogP contribution in [0, 0.1) is 12.8 Å². The van der Waals surface area contributed by atoms with Gasteiger partial charge < -0.3 is 9.80 Å². The van der Waals surface area contributed by atoms with E-state index in [0.29, 0.717) is 11.8 Å². The Hall–Kier alpha value is -2.74. The van der Waals surface area contributed by atoms with E-state index in [1.165, 1.54) is 70.7 Å². The average Bonchev–Trinajstić information content (AvgIpc) is 3.22. The van der Waals surface area contributed by atoms with Crippen molar-refractivity contribution in [3.8, 4) is 0 Å². The lowest BCUT2D eigenvalue weighted by Gasteiger charge is -2.39. The summed E-state index contributed by atoms with van der Waals surface area (Å²) < 4.78 is 0. The van der Waals surface area contributed by atoms with Crippen molar-refractivity contribution < 1.29 is 0 Å². The minimum Gasteiger partial charge on any atom is -0.323 e. The third kappa shape index (κ3) is 5.05. The van der Waals surface area contributed by atoms with Gasteiger partial charge >= 0.3 is 0 Å². The van der Waals surface area contributed by atoms with Crippen molar-refractivity contribution in [3.05, 3.63) is 94.5 Å². The normalized spacial score (nSPS) is 23.5. The van der Waals surface area contributed by atoms with E-state index < -0.39 is 0 Å². The highest BCUT2D eigenvalue weighted by Gasteiger charge is 2.41. The fraction of sp³-hybridized carbons (Fsp3) is 0.486. The van der Waals surface area contributed by atoms with Crippen LogP contribution in [0.2, 0.25) is 0 Å². The molecule has 3 aliphatic carbocycles. The molecule has 196 valence electrons. The van der Waals surface area contributed by atoms with E-state index in [4.69, 9.17) is 0 Å². The van der Waals surface area contributed by atoms with Crippen LogP contribution in [0.4, 0.5) is 5.69 Å². The smallest absolute Gasteiger partial charge is 0.110 e. The lowest BCUT2D eigenvalue weighted by molar-refractivity contribution is 0.322. The highest BCUT2D eigenvalue weighted by atomic mass is 15.4. The Bertz CT molecular complexity index is 1200. The van der Waals surface area contributed by atoms with E-state index >= 15 is 0 Å². The van der Waals surface area contributed by atoms with Gasteiger partial charge in [-0.15, -0.1) is 0 Å². The van der Waals surface area contributed by atoms with Gasteiger partial charge in [0.05, 0.1) is 11.4 Å². The van der Waals surface area contributed by atoms with Gasteiger partial charge in [-0.2, -0.15) is 0 Å². The topological polar surface area (TPSA) is 6.48 Å². The predicted octanol–water partition coefficient (Wildman–Crippen LogP) is 9.92. The molecule has 1 aliphatic heterocycles. The third-order valence-corrected chi connectivity index (χ3v) is 8.44. The first-order valence-corrected chi connectivity index (χ1v) is 14.7. The summed E-state index contributed by atoms with van der Waals surface area (Å²) in [6.07, 6.45) is 25.0. The quantitative estimate of drug-likeness (QED) is 0.372. The second-order valence-electron chi connectivity index (χ2n) is 12.0. The molecule has 1 heterocycles. The zero-order chi connectivity index (χ0) is 26.1. The molecular weight excluding hydrogens is 448 g/mol. The van der Waals surface area contributed by atoms with Gasteiger partial charge in [0.25, 0.3) is 0 Å². The summed E-state index contributed by atoms with van der Waals surface area (Å²) in [4.78, 5) is 5.36. The van der Waals surface area contributed by atoms with Crippen LogP contribution in [0.1, 0.15) is 108 Å². The van der Waals surface area contributed by atoms with Gasteiger partial charge in [-0.3, -0.25) is 0 Å². The number of benzene rings is 1. The first-order valence-electron chi connectivity index (χ1n) is 14.7. The zero-order valence-corrected chi connectivity index (χ0v) is 23.8. The van der Waals surface area contributed by atoms with Crippen molar-refractivity contribution in [2.24, 2.45) is 5.92 Å². The highest BCUT2D eigenvalue weighted by molar-refractivity contribution is 5.83. The van der Waals surface area contributed by atoms with Gasteiger partial charge in [0.15, 0.2) is 0 Å². The average molecular weight is 495 g/mol. The molecule has 0 spiro atoms. The van der Waals surface area contributed by atoms with Gasteiger partial charge in [0, 0.05) is 22.9 Å². The van der Waals surface area contributed by atoms with Crippen molar-refractivity contribution in [3.63, 3.8) is 0 Å². The van der Waals surface area contributed by atoms with Crippen molar-refractivity contribution in [1.29, 1.82) is 0 Å². The standard InChI is InChI=1S/C35H46N2/c1-7-34-36(27(6)20-24(2)3)32-18-11-12-19-33(32)37(34)35-30(28-15-9-8-10-16-28)22-26(5)23-31(35)29-17-13-14-25(4)21-29/h11,13-15,17-18,22-24,29,34H,6-10,12,16,19-21H2,1-5H3. The number of nitrogens with zero attached hydrogens (tertiary/aromatic N) is 2. The molecule has 2 atom stereocenters. The maximum absolute atomic E-state index is 4.64. The number of hydrogen-bond acceptors (Lipinski definition) is 2. The van der Waals surface area contributed by atoms with E-state index in [2.05, 4.69) is 99.6 Å². The zero-order valence-electron chi connectivity index (χ0n) is 23.8. The Morgan fingerprint density at radius 1 is 1.11 bits per heavy atom. The van der Waals surface area contributed by atoms with Gasteiger partial charge in [-0.05, 0) is 101 Å². The predicted molar refractivity (Wildman–Crippen MR) is 160 cm³/mol. The van der Waals surface area contributed by atoms with Crippen LogP contribution >= 0.6 is 0 Å². The maximum Gasteiger partial charge on any atom is 0.110 e. The Morgan fingerprint density at radius 3 is 2.65 bits per heavy atom. The Labute approximate surface area is 225 Å². The molecule has 5 rings (SSSR count). The molecule has 0 saturated heterocycles. The van der Waals surface area contributed by atoms with Crippen LogP contribution in [0.25, 0.3) is 5.57 Å². The largest absolute Gasteiger partial charge is 0.323 e. The molecule has 0 bridgehead atoms. The second-order valence-corrected chi connectivity index (χ2v) is 12.0. The lowest BCUT2D eigenvalue weighted by atomic mass is 9.82. The van der Waals surface area contributed by atoms with Crippen LogP contribution in [-0.2, 0) is 0 Å². The molecule has 2 heteroatoms. The van der Waals surface area contributed by atoms with E-state index in [1.807, 2.05) is 0 Å². The monoisotopic (exact) mass is 494 g/mol. The van der Waals surface area contributed by atoms with Crippen LogP contribution in [-0.4, -0.2) is 11.1 Å².